The number of hydrogen-bond acceptors (Lipinski definition) is 3. The minimum atomic E-state index is -3.32. The fraction of sp³-hybridized carbons (Fsp3) is 0.647. The van der Waals surface area contributed by atoms with Gasteiger partial charge in [0.1, 0.15) is 5.82 Å². The molecule has 1 N–H and O–H groups in total. The molecule has 0 bridgehead atoms. The van der Waals surface area contributed by atoms with Gasteiger partial charge in [-0.15, -0.1) is 12.4 Å². The summed E-state index contributed by atoms with van der Waals surface area (Å²) in [5.41, 5.74) is 0.726. The first-order chi connectivity index (χ1) is 11.1. The topological polar surface area (TPSA) is 49.4 Å². The van der Waals surface area contributed by atoms with Crippen molar-refractivity contribution >= 4 is 22.4 Å². The van der Waals surface area contributed by atoms with Gasteiger partial charge in [-0.25, -0.2) is 12.8 Å². The molecule has 7 heteroatoms. The van der Waals surface area contributed by atoms with Gasteiger partial charge in [0, 0.05) is 19.6 Å². The van der Waals surface area contributed by atoms with Crippen LogP contribution in [0.15, 0.2) is 24.3 Å². The molecule has 0 radical (unpaired) electrons. The number of piperazine rings is 1. The highest BCUT2D eigenvalue weighted by molar-refractivity contribution is 7.89. The fourth-order valence-corrected chi connectivity index (χ4v) is 5.84. The molecular weight excluding hydrogens is 351 g/mol. The zero-order valence-corrected chi connectivity index (χ0v) is 15.4. The van der Waals surface area contributed by atoms with Gasteiger partial charge in [-0.1, -0.05) is 31.4 Å². The van der Waals surface area contributed by atoms with E-state index in [2.05, 4.69) is 5.32 Å². The first-order valence-corrected chi connectivity index (χ1v) is 10.1. The molecule has 4 nitrogen and oxygen atoms in total. The maximum atomic E-state index is 13.5. The van der Waals surface area contributed by atoms with Gasteiger partial charge < -0.3 is 5.32 Å². The standard InChI is InChI=1S/C17H25FN2O2S.ClH/c18-16-8-4-7-15(11-16)17-12-19-9-10-20(17)23(21,22)13-14-5-2-1-3-6-14;/h4,7-8,11,14,17,19H,1-3,5-6,9-10,12-13H2;1H. The summed E-state index contributed by atoms with van der Waals surface area (Å²) in [5.74, 6) is 0.188. The Bertz CT molecular complexity index is 635. The van der Waals surface area contributed by atoms with E-state index in [0.717, 1.165) is 31.2 Å². The first-order valence-electron chi connectivity index (χ1n) is 8.52. The molecule has 2 fully saturated rings. The summed E-state index contributed by atoms with van der Waals surface area (Å²) in [6.07, 6.45) is 5.51. The molecule has 1 aliphatic heterocycles. The van der Waals surface area contributed by atoms with Gasteiger partial charge in [0.25, 0.3) is 0 Å². The van der Waals surface area contributed by atoms with Crippen molar-refractivity contribution in [2.24, 2.45) is 5.92 Å². The van der Waals surface area contributed by atoms with E-state index < -0.39 is 10.0 Å². The molecule has 1 aromatic rings. The lowest BCUT2D eigenvalue weighted by molar-refractivity contribution is 0.266. The van der Waals surface area contributed by atoms with Crippen LogP contribution < -0.4 is 5.32 Å². The maximum absolute atomic E-state index is 13.5. The van der Waals surface area contributed by atoms with E-state index in [9.17, 15) is 12.8 Å². The lowest BCUT2D eigenvalue weighted by Gasteiger charge is -2.36. The van der Waals surface area contributed by atoms with Crippen LogP contribution in [0.5, 0.6) is 0 Å². The average Bonchev–Trinajstić information content (AvgIpc) is 2.55. The van der Waals surface area contributed by atoms with Crippen molar-refractivity contribution in [3.05, 3.63) is 35.6 Å². The van der Waals surface area contributed by atoms with Crippen LogP contribution >= 0.6 is 12.4 Å². The number of halogens is 2. The van der Waals surface area contributed by atoms with Crippen LogP contribution in [-0.4, -0.2) is 38.1 Å². The van der Waals surface area contributed by atoms with E-state index in [0.29, 0.717) is 19.6 Å². The number of benzene rings is 1. The molecule has 0 aromatic heterocycles. The Labute approximate surface area is 150 Å². The summed E-state index contributed by atoms with van der Waals surface area (Å²) in [6, 6.07) is 5.98. The van der Waals surface area contributed by atoms with Gasteiger partial charge in [0.2, 0.25) is 10.0 Å². The zero-order valence-electron chi connectivity index (χ0n) is 13.8. The predicted molar refractivity (Wildman–Crippen MR) is 96.3 cm³/mol. The Morgan fingerprint density at radius 2 is 1.96 bits per heavy atom. The summed E-state index contributed by atoms with van der Waals surface area (Å²) in [5, 5.41) is 3.23. The molecule has 1 aromatic carbocycles. The minimum Gasteiger partial charge on any atom is -0.313 e. The second-order valence-electron chi connectivity index (χ2n) is 6.67. The Morgan fingerprint density at radius 3 is 2.67 bits per heavy atom. The molecule has 24 heavy (non-hydrogen) atoms. The van der Waals surface area contributed by atoms with Gasteiger partial charge in [-0.05, 0) is 36.5 Å². The van der Waals surface area contributed by atoms with Crippen molar-refractivity contribution in [1.82, 2.24) is 9.62 Å². The summed E-state index contributed by atoms with van der Waals surface area (Å²) in [4.78, 5) is 0. The third-order valence-electron chi connectivity index (χ3n) is 4.96. The molecule has 3 rings (SSSR count). The number of nitrogens with zero attached hydrogens (tertiary/aromatic N) is 1. The highest BCUT2D eigenvalue weighted by Gasteiger charge is 2.35. The van der Waals surface area contributed by atoms with Crippen LogP contribution in [0.2, 0.25) is 0 Å². The molecule has 0 amide bonds. The average molecular weight is 377 g/mol. The Hall–Kier alpha value is -0.690. The van der Waals surface area contributed by atoms with E-state index in [1.807, 2.05) is 6.07 Å². The third kappa shape index (κ3) is 4.69. The van der Waals surface area contributed by atoms with Crippen molar-refractivity contribution in [1.29, 1.82) is 0 Å². The number of sulfonamides is 1. The molecule has 0 spiro atoms. The second kappa shape index (κ2) is 8.61. The van der Waals surface area contributed by atoms with Gasteiger partial charge >= 0.3 is 0 Å². The molecular formula is C17H26ClFN2O2S. The number of nitrogens with one attached hydrogen (secondary N) is 1. The van der Waals surface area contributed by atoms with Crippen molar-refractivity contribution in [2.45, 2.75) is 38.1 Å². The lowest BCUT2D eigenvalue weighted by atomic mass is 9.91. The van der Waals surface area contributed by atoms with Crippen LogP contribution in [0.1, 0.15) is 43.7 Å². The third-order valence-corrected chi connectivity index (χ3v) is 7.00. The highest BCUT2D eigenvalue weighted by Crippen LogP contribution is 2.30. The molecule has 1 heterocycles. The van der Waals surface area contributed by atoms with Gasteiger partial charge in [0.05, 0.1) is 11.8 Å². The zero-order chi connectivity index (χ0) is 16.3. The van der Waals surface area contributed by atoms with Crippen LogP contribution in [0.3, 0.4) is 0 Å². The maximum Gasteiger partial charge on any atom is 0.215 e. The molecule has 1 unspecified atom stereocenters. The predicted octanol–water partition coefficient (Wildman–Crippen LogP) is 3.10. The smallest absolute Gasteiger partial charge is 0.215 e. The summed E-state index contributed by atoms with van der Waals surface area (Å²) in [7, 11) is -3.32. The molecule has 1 aliphatic carbocycles. The molecule has 2 aliphatic rings. The SMILES string of the molecule is Cl.O=S(=O)(CC1CCCCC1)N1CCNCC1c1cccc(F)c1. The van der Waals surface area contributed by atoms with Crippen molar-refractivity contribution in [3.8, 4) is 0 Å². The fourth-order valence-electron chi connectivity index (χ4n) is 3.76. The van der Waals surface area contributed by atoms with Crippen LogP contribution in [-0.2, 0) is 10.0 Å². The van der Waals surface area contributed by atoms with Crippen LogP contribution in [0, 0.1) is 11.7 Å². The van der Waals surface area contributed by atoms with Crippen LogP contribution in [0.4, 0.5) is 4.39 Å². The van der Waals surface area contributed by atoms with Crippen molar-refractivity contribution in [3.63, 3.8) is 0 Å². The van der Waals surface area contributed by atoms with Crippen molar-refractivity contribution < 1.29 is 12.8 Å². The Balaban J connectivity index is 0.00000208. The number of hydrogen-bond donors (Lipinski definition) is 1. The second-order valence-corrected chi connectivity index (χ2v) is 8.63. The molecule has 136 valence electrons. The van der Waals surface area contributed by atoms with E-state index in [1.165, 1.54) is 18.6 Å². The van der Waals surface area contributed by atoms with Crippen LogP contribution in [0.25, 0.3) is 0 Å². The largest absolute Gasteiger partial charge is 0.313 e. The normalized spacial score (nSPS) is 23.6. The Morgan fingerprint density at radius 1 is 1.21 bits per heavy atom. The minimum absolute atomic E-state index is 0. The van der Waals surface area contributed by atoms with Gasteiger partial charge in [-0.3, -0.25) is 0 Å². The molecule has 1 saturated carbocycles. The van der Waals surface area contributed by atoms with Gasteiger partial charge in [-0.2, -0.15) is 4.31 Å². The highest BCUT2D eigenvalue weighted by atomic mass is 35.5. The van der Waals surface area contributed by atoms with Gasteiger partial charge in [0.15, 0.2) is 0 Å². The quantitative estimate of drug-likeness (QED) is 0.878. The summed E-state index contributed by atoms with van der Waals surface area (Å²) in [6.45, 7) is 1.64. The molecule has 1 saturated heterocycles. The van der Waals surface area contributed by atoms with Crippen molar-refractivity contribution in [2.75, 3.05) is 25.4 Å². The summed E-state index contributed by atoms with van der Waals surface area (Å²) < 4.78 is 41.0. The lowest BCUT2D eigenvalue weighted by Crippen LogP contribution is -2.50. The molecule has 1 atom stereocenters. The van der Waals surface area contributed by atoms with E-state index in [-0.39, 0.29) is 35.9 Å². The first kappa shape index (κ1) is 19.6. The van der Waals surface area contributed by atoms with E-state index >= 15 is 0 Å². The van der Waals surface area contributed by atoms with E-state index in [1.54, 1.807) is 10.4 Å². The summed E-state index contributed by atoms with van der Waals surface area (Å²) >= 11 is 0. The Kier molecular flexibility index (Phi) is 7.04. The van der Waals surface area contributed by atoms with E-state index in [4.69, 9.17) is 0 Å². The number of rotatable bonds is 4. The monoisotopic (exact) mass is 376 g/mol.